The molecule has 0 atom stereocenters. The molecule has 10 nitrogen and oxygen atoms in total. The molecule has 7 rings (SSSR count). The maximum Gasteiger partial charge on any atom is 0.395 e. The first-order valence-electron chi connectivity index (χ1n) is 22.3. The maximum absolute atomic E-state index is 14.1. The summed E-state index contributed by atoms with van der Waals surface area (Å²) in [6.07, 6.45) is 2.56. The van der Waals surface area contributed by atoms with Crippen molar-refractivity contribution in [2.24, 2.45) is 0 Å². The minimum absolute atomic E-state index is 0. The number of hydrogen-bond acceptors (Lipinski definition) is 9. The number of nitrogens with zero attached hydrogens (tertiary/aromatic N) is 5. The van der Waals surface area contributed by atoms with Gasteiger partial charge in [-0.15, -0.1) is 5.10 Å². The Kier molecular flexibility index (Phi) is 28.6. The third kappa shape index (κ3) is 26.4. The van der Waals surface area contributed by atoms with Crippen LogP contribution in [-0.2, 0) is 76.1 Å². The first-order chi connectivity index (χ1) is 32.4. The average molecular weight is 1110 g/mol. The number of rotatable bonds is 16. The van der Waals surface area contributed by atoms with Gasteiger partial charge in [-0.2, -0.15) is 28.6 Å². The fourth-order valence-corrected chi connectivity index (χ4v) is 6.32. The first-order valence-corrected chi connectivity index (χ1v) is 27.6. The molecule has 0 unspecified atom stereocenters. The van der Waals surface area contributed by atoms with Crippen LogP contribution in [0.2, 0.25) is 19.6 Å². The van der Waals surface area contributed by atoms with E-state index >= 15 is 0 Å². The summed E-state index contributed by atoms with van der Waals surface area (Å²) in [6.45, 7) is 13.5. The molecule has 1 aliphatic rings. The molecule has 0 N–H and O–H groups in total. The Balaban J connectivity index is 0.000000342. The topological polar surface area (TPSA) is 99.0 Å². The standard InChI is InChI=1S/C21H20N4.C19H21F2NO2.C4H5BrF2O2.C4H8O.C3H9ClSi.Zn/c1-3-9-18(10-4-1)15-24(16-19-11-5-2-6-12-19)17-25-21-14-8-7-13-20(21)22-23-25;1-2-24-18(23)19(20,21)15-22(13-16-9-5-3-6-10-16)14-17-11-7-4-8-12-17;1-2-9-3(8)4(5,6)7;1-2-4-5-3-1;1-5(2,3)4;/h1-14H,15-17H2;3-12H,2,13-15H2,1H3;2H2,1H3;1-4H2;1-3H3;. The quantitative estimate of drug-likeness (QED) is 0.0308. The maximum atomic E-state index is 14.1. The molecule has 0 saturated carbocycles. The van der Waals surface area contributed by atoms with Gasteiger partial charge in [0, 0.05) is 74.8 Å². The molecule has 1 aromatic heterocycles. The van der Waals surface area contributed by atoms with Crippen LogP contribution in [0.15, 0.2) is 146 Å². The summed E-state index contributed by atoms with van der Waals surface area (Å²) in [7, 11) is -1.14. The molecule has 0 amide bonds. The van der Waals surface area contributed by atoms with Gasteiger partial charge in [0.2, 0.25) is 0 Å². The van der Waals surface area contributed by atoms with Crippen molar-refractivity contribution in [1.29, 1.82) is 0 Å². The van der Waals surface area contributed by atoms with E-state index in [2.05, 4.69) is 111 Å². The number of halogens is 6. The van der Waals surface area contributed by atoms with Crippen molar-refractivity contribution in [2.75, 3.05) is 33.0 Å². The zero-order valence-electron chi connectivity index (χ0n) is 40.1. The second-order valence-corrected chi connectivity index (χ2v) is 24.9. The average Bonchev–Trinajstić information content (AvgIpc) is 4.02. The van der Waals surface area contributed by atoms with Crippen molar-refractivity contribution in [1.82, 2.24) is 24.8 Å². The number of hydrogen-bond donors (Lipinski definition) is 0. The van der Waals surface area contributed by atoms with Crippen LogP contribution in [0.1, 0.15) is 48.9 Å². The Labute approximate surface area is 431 Å². The van der Waals surface area contributed by atoms with Gasteiger partial charge in [0.05, 0.1) is 31.9 Å². The van der Waals surface area contributed by atoms with Gasteiger partial charge in [-0.05, 0) is 61.1 Å². The molecule has 2 heterocycles. The third-order valence-corrected chi connectivity index (χ3v) is 9.40. The van der Waals surface area contributed by atoms with Crippen molar-refractivity contribution < 1.29 is 60.8 Å². The van der Waals surface area contributed by atoms with E-state index < -0.39 is 36.6 Å². The van der Waals surface area contributed by atoms with Crippen LogP contribution < -0.4 is 0 Å². The van der Waals surface area contributed by atoms with Crippen LogP contribution in [0.5, 0.6) is 0 Å². The number of carbonyl (C=O) groups excluding carboxylic acids is 2. The Morgan fingerprint density at radius 2 is 1.01 bits per heavy atom. The molecule has 5 aromatic carbocycles. The van der Waals surface area contributed by atoms with Gasteiger partial charge in [0.15, 0.2) is 0 Å². The minimum Gasteiger partial charge on any atom is -0.462 e. The van der Waals surface area contributed by atoms with Crippen molar-refractivity contribution in [3.05, 3.63) is 168 Å². The number of aromatic nitrogens is 3. The molecule has 1 aliphatic heterocycles. The third-order valence-electron chi connectivity index (χ3n) is 9.08. The predicted octanol–water partition coefficient (Wildman–Crippen LogP) is 12.4. The first kappa shape index (κ1) is 60.8. The normalized spacial score (nSPS) is 12.1. The number of benzene rings is 5. The molecule has 0 aliphatic carbocycles. The fraction of sp³-hybridized carbons (Fsp3) is 0.373. The number of para-hydroxylation sites is 1. The number of carbonyl (C=O) groups is 2. The van der Waals surface area contributed by atoms with Crippen LogP contribution >= 0.6 is 27.0 Å². The van der Waals surface area contributed by atoms with Crippen molar-refractivity contribution in [3.63, 3.8) is 0 Å². The van der Waals surface area contributed by atoms with Gasteiger partial charge in [-0.3, -0.25) is 9.80 Å². The Bertz CT molecular complexity index is 2200. The molecular weight excluding hydrogens is 1050 g/mol. The van der Waals surface area contributed by atoms with Crippen molar-refractivity contribution in [2.45, 2.75) is 89.9 Å². The Morgan fingerprint density at radius 1 is 0.652 bits per heavy atom. The molecule has 0 spiro atoms. The van der Waals surface area contributed by atoms with E-state index in [1.54, 1.807) is 4.90 Å². The van der Waals surface area contributed by atoms with Crippen LogP contribution in [0.3, 0.4) is 0 Å². The molecule has 0 bridgehead atoms. The Hall–Kier alpha value is -4.35. The summed E-state index contributed by atoms with van der Waals surface area (Å²) in [5.41, 5.74) is 6.40. The summed E-state index contributed by atoms with van der Waals surface area (Å²) in [5.74, 6) is -6.57. The molecule has 6 aromatic rings. The largest absolute Gasteiger partial charge is 0.462 e. The molecule has 1 saturated heterocycles. The molecule has 370 valence electrons. The van der Waals surface area contributed by atoms with Gasteiger partial charge in [-0.25, -0.2) is 14.3 Å². The second-order valence-electron chi connectivity index (χ2n) is 16.3. The number of esters is 2. The molecular formula is C51H63BrClF4N5O5SiZn. The molecule has 1 fully saturated rings. The van der Waals surface area contributed by atoms with Crippen molar-refractivity contribution >= 4 is 57.4 Å². The molecule has 0 radical (unpaired) electrons. The van der Waals surface area contributed by atoms with E-state index in [-0.39, 0.29) is 32.7 Å². The van der Waals surface area contributed by atoms with Gasteiger partial charge in [0.25, 0.3) is 0 Å². The van der Waals surface area contributed by atoms with E-state index in [4.69, 9.17) is 15.8 Å². The van der Waals surface area contributed by atoms with Gasteiger partial charge < -0.3 is 14.2 Å². The number of alkyl halides is 5. The zero-order chi connectivity index (χ0) is 49.8. The van der Waals surface area contributed by atoms with Gasteiger partial charge >= 0.3 is 22.7 Å². The van der Waals surface area contributed by atoms with E-state index in [9.17, 15) is 27.2 Å². The van der Waals surface area contributed by atoms with Crippen LogP contribution in [0.4, 0.5) is 17.6 Å². The van der Waals surface area contributed by atoms with Gasteiger partial charge in [-0.1, -0.05) is 158 Å². The summed E-state index contributed by atoms with van der Waals surface area (Å²) < 4.78 is 67.2. The van der Waals surface area contributed by atoms with Crippen LogP contribution in [0, 0.1) is 0 Å². The van der Waals surface area contributed by atoms with E-state index in [0.717, 1.165) is 48.5 Å². The molecule has 69 heavy (non-hydrogen) atoms. The van der Waals surface area contributed by atoms with Gasteiger partial charge in [0.1, 0.15) is 12.9 Å². The van der Waals surface area contributed by atoms with E-state index in [0.29, 0.717) is 19.8 Å². The summed E-state index contributed by atoms with van der Waals surface area (Å²) in [4.78, 5) is 22.0. The van der Waals surface area contributed by atoms with Crippen molar-refractivity contribution in [3.8, 4) is 0 Å². The summed E-state index contributed by atoms with van der Waals surface area (Å²) >= 11 is 7.51. The number of ether oxygens (including phenoxy) is 3. The van der Waals surface area contributed by atoms with Crippen LogP contribution in [0.25, 0.3) is 11.0 Å². The summed E-state index contributed by atoms with van der Waals surface area (Å²) in [5, 5.41) is 8.62. The number of fused-ring (bicyclic) bond motifs is 1. The molecule has 18 heteroatoms. The Morgan fingerprint density at radius 3 is 1.36 bits per heavy atom. The minimum atomic E-state index is -3.54. The monoisotopic (exact) mass is 1110 g/mol. The predicted molar refractivity (Wildman–Crippen MR) is 268 cm³/mol. The van der Waals surface area contributed by atoms with Crippen LogP contribution in [-0.4, -0.2) is 87.8 Å². The smallest absolute Gasteiger partial charge is 0.395 e. The zero-order valence-corrected chi connectivity index (χ0v) is 46.4. The summed E-state index contributed by atoms with van der Waals surface area (Å²) in [6, 6.07) is 47.9. The second kappa shape index (κ2) is 32.5. The SMILES string of the molecule is C1CCOC1.CCOC(=O)C(F)(F)Br.CCOC(=O)C(F)(F)CN(Cc1ccccc1)Cc1ccccc1.C[Si](C)(C)Cl.[Zn].c1ccc(CN(Cc2ccccc2)Cn2nnc3ccccc32)cc1. The fourth-order valence-electron chi connectivity index (χ4n) is 6.21. The van der Waals surface area contributed by atoms with E-state index in [1.807, 2.05) is 99.5 Å². The van der Waals surface area contributed by atoms with E-state index in [1.165, 1.54) is 37.8 Å².